The summed E-state index contributed by atoms with van der Waals surface area (Å²) in [6, 6.07) is 0.140. The SMILES string of the molecule is CCC1CCN(C(=O)N2CCC(OCC(=O)O)CC2)CC1. The highest BCUT2D eigenvalue weighted by atomic mass is 16.5. The summed E-state index contributed by atoms with van der Waals surface area (Å²) in [6.45, 7) is 5.03. The molecule has 0 spiro atoms. The van der Waals surface area contributed by atoms with Gasteiger partial charge in [-0.15, -0.1) is 0 Å². The van der Waals surface area contributed by atoms with E-state index in [0.717, 1.165) is 44.7 Å². The van der Waals surface area contributed by atoms with Crippen LogP contribution >= 0.6 is 0 Å². The first-order chi connectivity index (χ1) is 10.1. The molecule has 0 aromatic rings. The van der Waals surface area contributed by atoms with E-state index in [4.69, 9.17) is 9.84 Å². The summed E-state index contributed by atoms with van der Waals surface area (Å²) in [5, 5.41) is 8.60. The second-order valence-electron chi connectivity index (χ2n) is 6.01. The molecule has 2 amide bonds. The predicted octanol–water partition coefficient (Wildman–Crippen LogP) is 1.79. The van der Waals surface area contributed by atoms with Gasteiger partial charge >= 0.3 is 12.0 Å². The van der Waals surface area contributed by atoms with Crippen LogP contribution in [0.5, 0.6) is 0 Å². The van der Waals surface area contributed by atoms with E-state index >= 15 is 0 Å². The zero-order valence-electron chi connectivity index (χ0n) is 12.8. The monoisotopic (exact) mass is 298 g/mol. The maximum Gasteiger partial charge on any atom is 0.329 e. The number of piperidine rings is 2. The van der Waals surface area contributed by atoms with Crippen LogP contribution in [0.1, 0.15) is 39.0 Å². The summed E-state index contributed by atoms with van der Waals surface area (Å²) < 4.78 is 5.30. The average Bonchev–Trinajstić information content (AvgIpc) is 2.53. The second kappa shape index (κ2) is 7.64. The Morgan fingerprint density at radius 1 is 1.05 bits per heavy atom. The van der Waals surface area contributed by atoms with Crippen molar-refractivity contribution in [3.05, 3.63) is 0 Å². The van der Waals surface area contributed by atoms with E-state index in [2.05, 4.69) is 6.92 Å². The molecule has 6 heteroatoms. The fourth-order valence-corrected chi connectivity index (χ4v) is 3.14. The maximum absolute atomic E-state index is 12.4. The van der Waals surface area contributed by atoms with Crippen LogP contribution in [0.3, 0.4) is 0 Å². The number of hydrogen-bond donors (Lipinski definition) is 1. The Morgan fingerprint density at radius 2 is 1.57 bits per heavy atom. The number of ether oxygens (including phenoxy) is 1. The van der Waals surface area contributed by atoms with Crippen LogP contribution in [0.4, 0.5) is 4.79 Å². The molecule has 2 saturated heterocycles. The molecular weight excluding hydrogens is 272 g/mol. The van der Waals surface area contributed by atoms with Crippen LogP contribution in [0.25, 0.3) is 0 Å². The second-order valence-corrected chi connectivity index (χ2v) is 6.01. The summed E-state index contributed by atoms with van der Waals surface area (Å²) in [6.07, 6.45) is 4.85. The zero-order chi connectivity index (χ0) is 15.2. The molecule has 0 atom stereocenters. The van der Waals surface area contributed by atoms with E-state index in [9.17, 15) is 9.59 Å². The van der Waals surface area contributed by atoms with Gasteiger partial charge in [-0.1, -0.05) is 13.3 Å². The van der Waals surface area contributed by atoms with Crippen LogP contribution < -0.4 is 0 Å². The average molecular weight is 298 g/mol. The van der Waals surface area contributed by atoms with E-state index < -0.39 is 5.97 Å². The normalized spacial score (nSPS) is 21.6. The smallest absolute Gasteiger partial charge is 0.329 e. The Bertz CT molecular complexity index is 359. The van der Waals surface area contributed by atoms with Crippen molar-refractivity contribution >= 4 is 12.0 Å². The van der Waals surface area contributed by atoms with Crippen LogP contribution in [0, 0.1) is 5.92 Å². The van der Waals surface area contributed by atoms with Crippen molar-refractivity contribution < 1.29 is 19.4 Å². The summed E-state index contributed by atoms with van der Waals surface area (Å²) in [5.41, 5.74) is 0. The predicted molar refractivity (Wildman–Crippen MR) is 78.2 cm³/mol. The van der Waals surface area contributed by atoms with E-state index in [1.165, 1.54) is 6.42 Å². The fourth-order valence-electron chi connectivity index (χ4n) is 3.14. The molecule has 0 bridgehead atoms. The lowest BCUT2D eigenvalue weighted by atomic mass is 9.94. The van der Waals surface area contributed by atoms with Crippen molar-refractivity contribution in [2.24, 2.45) is 5.92 Å². The number of carbonyl (C=O) groups is 2. The van der Waals surface area contributed by atoms with Gasteiger partial charge in [0, 0.05) is 26.2 Å². The Balaban J connectivity index is 1.72. The third-order valence-corrected chi connectivity index (χ3v) is 4.62. The van der Waals surface area contributed by atoms with Crippen molar-refractivity contribution in [1.82, 2.24) is 9.80 Å². The van der Waals surface area contributed by atoms with Gasteiger partial charge in [0.1, 0.15) is 6.61 Å². The molecule has 2 rings (SSSR count). The van der Waals surface area contributed by atoms with Crippen molar-refractivity contribution in [2.75, 3.05) is 32.8 Å². The fraction of sp³-hybridized carbons (Fsp3) is 0.867. The minimum Gasteiger partial charge on any atom is -0.480 e. The lowest BCUT2D eigenvalue weighted by molar-refractivity contribution is -0.145. The van der Waals surface area contributed by atoms with E-state index in [1.807, 2.05) is 9.80 Å². The molecule has 6 nitrogen and oxygen atoms in total. The number of carboxylic acid groups (broad SMARTS) is 1. The zero-order valence-corrected chi connectivity index (χ0v) is 12.8. The molecule has 0 aromatic carbocycles. The topological polar surface area (TPSA) is 70.1 Å². The third kappa shape index (κ3) is 4.59. The highest BCUT2D eigenvalue weighted by Gasteiger charge is 2.29. The number of carbonyl (C=O) groups excluding carboxylic acids is 1. The lowest BCUT2D eigenvalue weighted by Gasteiger charge is -2.38. The van der Waals surface area contributed by atoms with E-state index in [-0.39, 0.29) is 18.7 Å². The lowest BCUT2D eigenvalue weighted by Crippen LogP contribution is -2.50. The van der Waals surface area contributed by atoms with Gasteiger partial charge in [-0.3, -0.25) is 0 Å². The minimum atomic E-state index is -0.938. The molecule has 2 fully saturated rings. The first-order valence-corrected chi connectivity index (χ1v) is 7.97. The standard InChI is InChI=1S/C15H26N2O4/c1-2-12-3-7-16(8-4-12)15(20)17-9-5-13(6-10-17)21-11-14(18)19/h12-13H,2-11H2,1H3,(H,18,19). The quantitative estimate of drug-likeness (QED) is 0.859. The number of rotatable bonds is 4. The minimum absolute atomic E-state index is 0.0315. The first-order valence-electron chi connectivity index (χ1n) is 7.97. The first kappa shape index (κ1) is 16.1. The van der Waals surface area contributed by atoms with Crippen LogP contribution in [-0.2, 0) is 9.53 Å². The number of nitrogens with zero attached hydrogens (tertiary/aromatic N) is 2. The Hall–Kier alpha value is -1.30. The van der Waals surface area contributed by atoms with E-state index in [1.54, 1.807) is 0 Å². The molecule has 0 aliphatic carbocycles. The number of aliphatic carboxylic acids is 1. The van der Waals surface area contributed by atoms with Crippen molar-refractivity contribution in [3.63, 3.8) is 0 Å². The molecular formula is C15H26N2O4. The summed E-state index contributed by atoms with van der Waals surface area (Å²) in [5.74, 6) is -0.170. The third-order valence-electron chi connectivity index (χ3n) is 4.62. The van der Waals surface area contributed by atoms with Gasteiger partial charge in [0.2, 0.25) is 0 Å². The van der Waals surface area contributed by atoms with Crippen LogP contribution in [-0.4, -0.2) is 65.8 Å². The molecule has 0 saturated carbocycles. The molecule has 2 aliphatic rings. The van der Waals surface area contributed by atoms with Gasteiger partial charge in [0.15, 0.2) is 0 Å². The van der Waals surface area contributed by atoms with Crippen molar-refractivity contribution in [3.8, 4) is 0 Å². The summed E-state index contributed by atoms with van der Waals surface area (Å²) >= 11 is 0. The summed E-state index contributed by atoms with van der Waals surface area (Å²) in [4.78, 5) is 26.8. The Morgan fingerprint density at radius 3 is 2.05 bits per heavy atom. The van der Waals surface area contributed by atoms with Crippen LogP contribution in [0.2, 0.25) is 0 Å². The highest BCUT2D eigenvalue weighted by Crippen LogP contribution is 2.22. The van der Waals surface area contributed by atoms with Gasteiger partial charge in [-0.2, -0.15) is 0 Å². The molecule has 2 heterocycles. The van der Waals surface area contributed by atoms with Gasteiger partial charge in [0.05, 0.1) is 6.10 Å². The number of amides is 2. The molecule has 120 valence electrons. The molecule has 0 unspecified atom stereocenters. The Kier molecular flexibility index (Phi) is 5.85. The number of hydrogen-bond acceptors (Lipinski definition) is 3. The van der Waals surface area contributed by atoms with Gasteiger partial charge < -0.3 is 19.6 Å². The van der Waals surface area contributed by atoms with Gasteiger partial charge in [-0.25, -0.2) is 9.59 Å². The van der Waals surface area contributed by atoms with E-state index in [0.29, 0.717) is 13.1 Å². The number of urea groups is 1. The largest absolute Gasteiger partial charge is 0.480 e. The molecule has 21 heavy (non-hydrogen) atoms. The highest BCUT2D eigenvalue weighted by molar-refractivity contribution is 5.74. The molecule has 1 N–H and O–H groups in total. The molecule has 2 aliphatic heterocycles. The van der Waals surface area contributed by atoms with Crippen LogP contribution in [0.15, 0.2) is 0 Å². The van der Waals surface area contributed by atoms with Gasteiger partial charge in [0.25, 0.3) is 0 Å². The maximum atomic E-state index is 12.4. The molecule has 0 radical (unpaired) electrons. The molecule has 0 aromatic heterocycles. The Labute approximate surface area is 126 Å². The van der Waals surface area contributed by atoms with Crippen molar-refractivity contribution in [2.45, 2.75) is 45.1 Å². The summed E-state index contributed by atoms with van der Waals surface area (Å²) in [7, 11) is 0. The van der Waals surface area contributed by atoms with Crippen molar-refractivity contribution in [1.29, 1.82) is 0 Å². The number of carboxylic acids is 1. The van der Waals surface area contributed by atoms with Gasteiger partial charge in [-0.05, 0) is 31.6 Å². The number of likely N-dealkylation sites (tertiary alicyclic amines) is 2.